The molecule has 21 heavy (non-hydrogen) atoms. The Morgan fingerprint density at radius 2 is 2.00 bits per heavy atom. The summed E-state index contributed by atoms with van der Waals surface area (Å²) < 4.78 is 28.1. The molecule has 2 heterocycles. The Morgan fingerprint density at radius 3 is 2.71 bits per heavy atom. The smallest absolute Gasteiger partial charge is 0.338 e. The summed E-state index contributed by atoms with van der Waals surface area (Å²) in [5.74, 6) is 0.0233. The van der Waals surface area contributed by atoms with Gasteiger partial charge in [-0.1, -0.05) is 5.16 Å². The number of carbonyl (C=O) groups is 1. The van der Waals surface area contributed by atoms with Crippen molar-refractivity contribution in [3.63, 3.8) is 0 Å². The molecule has 106 valence electrons. The Kier molecular flexibility index (Phi) is 3.51. The molecule has 0 saturated heterocycles. The van der Waals surface area contributed by atoms with Gasteiger partial charge in [0.25, 0.3) is 0 Å². The zero-order chi connectivity index (χ0) is 14.7. The standard InChI is InChI=1S/C15H10FNO4/c16-11-5-3-10(4-6-11)15(18)20-9-12-8-14(21-17-12)13-2-1-7-19-13/h1-8H,9H2. The lowest BCUT2D eigenvalue weighted by Crippen LogP contribution is -2.05. The monoisotopic (exact) mass is 287 g/mol. The number of ether oxygens (including phenoxy) is 1. The summed E-state index contributed by atoms with van der Waals surface area (Å²) >= 11 is 0. The third kappa shape index (κ3) is 3.00. The Balaban J connectivity index is 1.62. The molecular formula is C15H10FNO4. The number of furan rings is 1. The normalized spacial score (nSPS) is 10.5. The van der Waals surface area contributed by atoms with E-state index < -0.39 is 11.8 Å². The average Bonchev–Trinajstić information content (AvgIpc) is 3.16. The third-order valence-corrected chi connectivity index (χ3v) is 2.75. The fourth-order valence-corrected chi connectivity index (χ4v) is 1.72. The summed E-state index contributed by atoms with van der Waals surface area (Å²) in [6.07, 6.45) is 1.52. The largest absolute Gasteiger partial charge is 0.461 e. The van der Waals surface area contributed by atoms with Crippen LogP contribution in [0, 0.1) is 5.82 Å². The number of halogens is 1. The first kappa shape index (κ1) is 13.1. The van der Waals surface area contributed by atoms with Gasteiger partial charge in [0, 0.05) is 6.07 Å². The van der Waals surface area contributed by atoms with Crippen molar-refractivity contribution in [2.75, 3.05) is 0 Å². The maximum absolute atomic E-state index is 12.8. The van der Waals surface area contributed by atoms with Gasteiger partial charge in [-0.3, -0.25) is 0 Å². The van der Waals surface area contributed by atoms with Crippen LogP contribution in [0.1, 0.15) is 16.1 Å². The number of rotatable bonds is 4. The van der Waals surface area contributed by atoms with E-state index in [0.29, 0.717) is 17.2 Å². The highest BCUT2D eigenvalue weighted by molar-refractivity contribution is 5.89. The molecule has 0 N–H and O–H groups in total. The summed E-state index contributed by atoms with van der Waals surface area (Å²) in [5.41, 5.74) is 0.725. The van der Waals surface area contributed by atoms with Crippen LogP contribution in [0.15, 0.2) is 57.7 Å². The van der Waals surface area contributed by atoms with Crippen molar-refractivity contribution in [1.29, 1.82) is 0 Å². The van der Waals surface area contributed by atoms with Gasteiger partial charge in [-0.15, -0.1) is 0 Å². The van der Waals surface area contributed by atoms with Crippen LogP contribution in [-0.4, -0.2) is 11.1 Å². The summed E-state index contributed by atoms with van der Waals surface area (Å²) in [5, 5.41) is 3.78. The summed E-state index contributed by atoms with van der Waals surface area (Å²) in [6, 6.07) is 10.2. The van der Waals surface area contributed by atoms with Crippen molar-refractivity contribution in [2.24, 2.45) is 0 Å². The van der Waals surface area contributed by atoms with Gasteiger partial charge in [0.05, 0.1) is 11.8 Å². The molecule has 2 aromatic heterocycles. The Labute approximate surface area is 118 Å². The molecule has 0 unspecified atom stereocenters. The average molecular weight is 287 g/mol. The fraction of sp³-hybridized carbons (Fsp3) is 0.0667. The molecule has 3 rings (SSSR count). The third-order valence-electron chi connectivity index (χ3n) is 2.75. The van der Waals surface area contributed by atoms with Crippen LogP contribution in [0.3, 0.4) is 0 Å². The van der Waals surface area contributed by atoms with E-state index >= 15 is 0 Å². The predicted molar refractivity (Wildman–Crippen MR) is 69.7 cm³/mol. The van der Waals surface area contributed by atoms with Crippen molar-refractivity contribution in [2.45, 2.75) is 6.61 Å². The lowest BCUT2D eigenvalue weighted by atomic mass is 10.2. The maximum atomic E-state index is 12.8. The van der Waals surface area contributed by atoms with E-state index in [4.69, 9.17) is 13.7 Å². The van der Waals surface area contributed by atoms with Gasteiger partial charge >= 0.3 is 5.97 Å². The number of hydrogen-bond acceptors (Lipinski definition) is 5. The Hall–Kier alpha value is -2.89. The fourth-order valence-electron chi connectivity index (χ4n) is 1.72. The first-order valence-electron chi connectivity index (χ1n) is 6.14. The lowest BCUT2D eigenvalue weighted by molar-refractivity contribution is 0.0464. The summed E-state index contributed by atoms with van der Waals surface area (Å²) in [7, 11) is 0. The molecule has 5 nitrogen and oxygen atoms in total. The van der Waals surface area contributed by atoms with E-state index in [1.807, 2.05) is 0 Å². The van der Waals surface area contributed by atoms with E-state index in [0.717, 1.165) is 0 Å². The van der Waals surface area contributed by atoms with Crippen LogP contribution in [0.4, 0.5) is 4.39 Å². The van der Waals surface area contributed by atoms with Gasteiger partial charge in [0.1, 0.15) is 18.1 Å². The molecular weight excluding hydrogens is 277 g/mol. The van der Waals surface area contributed by atoms with Gasteiger partial charge in [-0.2, -0.15) is 0 Å². The van der Waals surface area contributed by atoms with Gasteiger partial charge < -0.3 is 13.7 Å². The van der Waals surface area contributed by atoms with Crippen LogP contribution in [0.2, 0.25) is 0 Å². The van der Waals surface area contributed by atoms with Crippen LogP contribution in [-0.2, 0) is 11.3 Å². The molecule has 3 aromatic rings. The quantitative estimate of drug-likeness (QED) is 0.688. The van der Waals surface area contributed by atoms with Crippen molar-refractivity contribution in [3.8, 4) is 11.5 Å². The van der Waals surface area contributed by atoms with Crippen LogP contribution in [0.25, 0.3) is 11.5 Å². The maximum Gasteiger partial charge on any atom is 0.338 e. The van der Waals surface area contributed by atoms with Gasteiger partial charge in [0.15, 0.2) is 5.76 Å². The van der Waals surface area contributed by atoms with Crippen LogP contribution >= 0.6 is 0 Å². The highest BCUT2D eigenvalue weighted by atomic mass is 19.1. The first-order valence-corrected chi connectivity index (χ1v) is 6.14. The zero-order valence-electron chi connectivity index (χ0n) is 10.8. The van der Waals surface area contributed by atoms with Crippen LogP contribution < -0.4 is 0 Å². The highest BCUT2D eigenvalue weighted by Gasteiger charge is 2.12. The zero-order valence-corrected chi connectivity index (χ0v) is 10.8. The van der Waals surface area contributed by atoms with E-state index in [9.17, 15) is 9.18 Å². The SMILES string of the molecule is O=C(OCc1cc(-c2ccco2)on1)c1ccc(F)cc1. The topological polar surface area (TPSA) is 65.5 Å². The van der Waals surface area contributed by atoms with Gasteiger partial charge in [0.2, 0.25) is 5.76 Å². The number of benzene rings is 1. The number of hydrogen-bond donors (Lipinski definition) is 0. The predicted octanol–water partition coefficient (Wildman–Crippen LogP) is 3.43. The molecule has 0 fully saturated rings. The molecule has 1 aromatic carbocycles. The first-order chi connectivity index (χ1) is 10.2. The molecule has 6 heteroatoms. The second-order valence-electron chi connectivity index (χ2n) is 4.24. The van der Waals surface area contributed by atoms with Crippen molar-refractivity contribution in [1.82, 2.24) is 5.16 Å². The summed E-state index contributed by atoms with van der Waals surface area (Å²) in [4.78, 5) is 11.7. The molecule has 0 saturated carbocycles. The molecule has 0 spiro atoms. The highest BCUT2D eigenvalue weighted by Crippen LogP contribution is 2.20. The molecule has 0 atom stereocenters. The van der Waals surface area contributed by atoms with E-state index in [1.54, 1.807) is 18.2 Å². The van der Waals surface area contributed by atoms with E-state index in [1.165, 1.54) is 30.5 Å². The number of nitrogens with zero attached hydrogens (tertiary/aromatic N) is 1. The molecule has 0 amide bonds. The van der Waals surface area contributed by atoms with Crippen molar-refractivity contribution < 1.29 is 22.9 Å². The molecule has 0 radical (unpaired) electrons. The van der Waals surface area contributed by atoms with Crippen molar-refractivity contribution >= 4 is 5.97 Å². The van der Waals surface area contributed by atoms with E-state index in [-0.39, 0.29) is 12.2 Å². The van der Waals surface area contributed by atoms with Gasteiger partial charge in [-0.25, -0.2) is 9.18 Å². The van der Waals surface area contributed by atoms with Crippen LogP contribution in [0.5, 0.6) is 0 Å². The molecule has 0 bridgehead atoms. The second kappa shape index (κ2) is 5.62. The molecule has 0 aliphatic rings. The minimum atomic E-state index is -0.558. The minimum Gasteiger partial charge on any atom is -0.461 e. The number of carbonyl (C=O) groups excluding carboxylic acids is 1. The molecule has 0 aliphatic heterocycles. The Morgan fingerprint density at radius 1 is 1.19 bits per heavy atom. The minimum absolute atomic E-state index is 0.0413. The lowest BCUT2D eigenvalue weighted by Gasteiger charge is -2.01. The second-order valence-corrected chi connectivity index (χ2v) is 4.24. The van der Waals surface area contributed by atoms with Gasteiger partial charge in [-0.05, 0) is 36.4 Å². The Bertz CT molecular complexity index is 731. The molecule has 0 aliphatic carbocycles. The number of esters is 1. The van der Waals surface area contributed by atoms with E-state index in [2.05, 4.69) is 5.16 Å². The number of aromatic nitrogens is 1. The van der Waals surface area contributed by atoms with Crippen molar-refractivity contribution in [3.05, 3.63) is 65.8 Å². The summed E-state index contributed by atoms with van der Waals surface area (Å²) in [6.45, 7) is -0.0413.